The van der Waals surface area contributed by atoms with Crippen molar-refractivity contribution in [3.63, 3.8) is 0 Å². The Bertz CT molecular complexity index is 3270. The number of methoxy groups -OCH3 is 2. The number of nitrogens with two attached hydrogens (primary N) is 3. The van der Waals surface area contributed by atoms with Crippen LogP contribution < -0.4 is 46.8 Å². The maximum atomic E-state index is 14.2. The number of nitrogen functional groups attached to an aromatic ring is 3. The molecule has 23 heteroatoms. The third-order valence-corrected chi connectivity index (χ3v) is 13.2. The fourth-order valence-corrected chi connectivity index (χ4v) is 8.90. The Kier molecular flexibility index (Phi) is 18.4. The van der Waals surface area contributed by atoms with Crippen LogP contribution in [0.3, 0.4) is 0 Å². The van der Waals surface area contributed by atoms with Crippen LogP contribution in [0.4, 0.5) is 30.6 Å². The quantitative estimate of drug-likeness (QED) is 0.0889. The molecule has 6 aromatic rings. The average molecular weight is 1060 g/mol. The van der Waals surface area contributed by atoms with E-state index in [-0.39, 0.29) is 81.7 Å². The minimum absolute atomic E-state index is 0. The number of anilines is 3. The van der Waals surface area contributed by atoms with E-state index in [1.54, 1.807) is 30.7 Å². The Balaban J connectivity index is 0.000000215. The molecule has 3 heterocycles. The van der Waals surface area contributed by atoms with Crippen molar-refractivity contribution in [1.29, 1.82) is 5.34 Å². The van der Waals surface area contributed by atoms with Crippen molar-refractivity contribution in [2.75, 3.05) is 31.4 Å². The van der Waals surface area contributed by atoms with Crippen LogP contribution >= 0.6 is 0 Å². The van der Waals surface area contributed by atoms with Gasteiger partial charge in [0, 0.05) is 47.3 Å². The van der Waals surface area contributed by atoms with Gasteiger partial charge in [-0.25, -0.2) is 62.8 Å². The molecular weight excluding hydrogens is 997 g/mol. The minimum atomic E-state index is -3.00. The van der Waals surface area contributed by atoms with Crippen LogP contribution in [-0.2, 0) is 14.3 Å². The number of carbonyl (C=O) groups is 4. The van der Waals surface area contributed by atoms with Crippen molar-refractivity contribution in [2.45, 2.75) is 107 Å². The summed E-state index contributed by atoms with van der Waals surface area (Å²) in [6, 6.07) is 11.8. The molecule has 0 spiro atoms. The average Bonchev–Trinajstić information content (AvgIpc) is 3.60. The van der Waals surface area contributed by atoms with Crippen LogP contribution in [0.2, 0.25) is 0 Å². The van der Waals surface area contributed by atoms with Gasteiger partial charge in [0.25, 0.3) is 0 Å². The van der Waals surface area contributed by atoms with Crippen molar-refractivity contribution < 1.29 is 89.4 Å². The Morgan fingerprint density at radius 2 is 0.882 bits per heavy atom. The van der Waals surface area contributed by atoms with E-state index in [2.05, 4.69) is 39.4 Å². The standard InChI is InChI=1S/C18H20FN3O3.C18H18FN3O3.C17H18FN3O3.BH4.Na/c2*1-25-18(24)13-7-4-11(8-14(13)19)16-17(20)21-9-15(22-16)10-2-5-12(23)6-3-10;18-13-7-10(3-6-12(13)17(23)24)15-16(19)20-8-14(21-15)9-1-4-11(22)5-2-9;;/h4,7-10,12,23H,2-3,5-6H2,1H3,(H2,20,21);4,7-10H,2-3,5-6H2,1H3,(H2,20,21);3,6-9,11,22H,1-2,4-5H2,(H2,19,20)(H,23,24);1H4;/q;;;-1;+1/i12D;;11D;1D4;. The van der Waals surface area contributed by atoms with E-state index in [1.165, 1.54) is 50.6 Å². The number of carbonyl (C=O) groups excluding carboxylic acids is 3. The van der Waals surface area contributed by atoms with E-state index in [1.807, 2.05) is 0 Å². The number of carboxylic acid groups (broad SMARTS) is 1. The van der Waals surface area contributed by atoms with E-state index in [0.29, 0.717) is 109 Å². The number of benzene rings is 3. The van der Waals surface area contributed by atoms with E-state index in [0.717, 1.165) is 24.6 Å². The number of ketones is 1. The second kappa shape index (κ2) is 27.3. The van der Waals surface area contributed by atoms with Gasteiger partial charge in [-0.3, -0.25) is 4.79 Å². The maximum absolute atomic E-state index is 14.2. The SMILES string of the molecule is COC(=O)c1ccc(-c2nc(C3CCC(=O)CC3)cnc2N)cc1F.[2H]C1(O)CCC(c2cnc(N)c(-c3ccc(C(=O)O)c(F)c3)n2)CC1.[2H]C1(O)CCC(c2cnc(N)c(-c3ccc(C(=O)OC)c(F)c3)n2)CC1.[2H][B-]([2H])([2H])[2H].[Na+]. The second-order valence-corrected chi connectivity index (χ2v) is 18.0. The summed E-state index contributed by atoms with van der Waals surface area (Å²) in [4.78, 5) is 71.3. The number of Topliss-reactive ketones (excluding diaryl/α,β-unsaturated/α-hetero) is 1. The molecule has 3 aromatic heterocycles. The monoisotopic (exact) mass is 1060 g/mol. The number of aliphatic hydroxyl groups is 2. The second-order valence-electron chi connectivity index (χ2n) is 18.0. The molecule has 0 amide bonds. The van der Waals surface area contributed by atoms with E-state index in [9.17, 15) is 42.6 Å². The molecule has 0 atom stereocenters. The summed E-state index contributed by atoms with van der Waals surface area (Å²) in [5.41, 5.74) is 21.2. The summed E-state index contributed by atoms with van der Waals surface area (Å²) in [6.45, 7) is 0. The zero-order valence-electron chi connectivity index (χ0n) is 48.1. The maximum Gasteiger partial charge on any atom is 1.00 e. The van der Waals surface area contributed by atoms with Gasteiger partial charge in [-0.1, -0.05) is 26.5 Å². The van der Waals surface area contributed by atoms with E-state index in [4.69, 9.17) is 30.4 Å². The van der Waals surface area contributed by atoms with Crippen LogP contribution in [0.15, 0.2) is 73.2 Å². The molecule has 0 unspecified atom stereocenters. The van der Waals surface area contributed by atoms with Gasteiger partial charge in [-0.15, -0.1) is 0 Å². The number of hydrogen-bond donors (Lipinski definition) is 6. The Hall–Kier alpha value is -6.85. The molecule has 3 aromatic carbocycles. The van der Waals surface area contributed by atoms with Crippen LogP contribution in [0, 0.1) is 17.5 Å². The fraction of sp³-hybridized carbons (Fsp3) is 0.358. The van der Waals surface area contributed by atoms with Gasteiger partial charge >= 0.3 is 47.5 Å². The molecule has 3 fully saturated rings. The van der Waals surface area contributed by atoms with E-state index < -0.39 is 61.3 Å². The summed E-state index contributed by atoms with van der Waals surface area (Å²) in [7, 11) is -0.623. The molecule has 18 nitrogen and oxygen atoms in total. The van der Waals surface area contributed by atoms with Crippen molar-refractivity contribution in [3.8, 4) is 33.8 Å². The molecule has 9 N–H and O–H groups in total. The number of halogens is 3. The predicted octanol–water partition coefficient (Wildman–Crippen LogP) is 3.68. The molecule has 0 saturated heterocycles. The topological polar surface area (TPSA) is 303 Å². The number of carboxylic acids is 1. The molecule has 3 saturated carbocycles. The normalized spacial score (nSPS) is 21.4. The molecule has 0 bridgehead atoms. The largest absolute Gasteiger partial charge is 1.00 e. The first-order chi connectivity index (χ1) is 38.1. The Morgan fingerprint density at radius 3 is 1.17 bits per heavy atom. The summed E-state index contributed by atoms with van der Waals surface area (Å²) in [5.74, 6) is -4.17. The number of aromatic carboxylic acids is 1. The van der Waals surface area contributed by atoms with Crippen LogP contribution in [-0.4, -0.2) is 109 Å². The smallest absolute Gasteiger partial charge is 0.478 e. The first-order valence-electron chi connectivity index (χ1n) is 27.0. The number of rotatable bonds is 9. The third kappa shape index (κ3) is 14.8. The fourth-order valence-electron chi connectivity index (χ4n) is 8.90. The predicted molar refractivity (Wildman–Crippen MR) is 277 cm³/mol. The summed E-state index contributed by atoms with van der Waals surface area (Å²) in [6.07, 6.45) is 8.36. The van der Waals surface area contributed by atoms with Crippen molar-refractivity contribution in [3.05, 3.63) is 124 Å². The number of nitrogens with zero attached hydrogens (tertiary/aromatic N) is 6. The molecular formula is C53H60BF3N9NaO9. The number of aromatic nitrogens is 6. The zero-order chi connectivity index (χ0) is 59.6. The Morgan fingerprint density at radius 1 is 0.579 bits per heavy atom. The van der Waals surface area contributed by atoms with Crippen molar-refractivity contribution in [2.24, 2.45) is 0 Å². The molecule has 0 aliphatic heterocycles. The molecule has 3 aliphatic rings. The van der Waals surface area contributed by atoms with Gasteiger partial charge in [0.1, 0.15) is 57.8 Å². The van der Waals surface area contributed by atoms with Gasteiger partial charge < -0.3 is 42.0 Å². The van der Waals surface area contributed by atoms with Crippen molar-refractivity contribution in [1.82, 2.24) is 29.9 Å². The van der Waals surface area contributed by atoms with Gasteiger partial charge in [0.2, 0.25) is 0 Å². The van der Waals surface area contributed by atoms with Gasteiger partial charge in [-0.2, -0.15) is 0 Å². The summed E-state index contributed by atoms with van der Waals surface area (Å²) >= 11 is 0. The van der Waals surface area contributed by atoms with Gasteiger partial charge in [0.15, 0.2) is 0 Å². The molecule has 0 radical (unpaired) electrons. The van der Waals surface area contributed by atoms with Crippen molar-refractivity contribution >= 4 is 49.4 Å². The minimum Gasteiger partial charge on any atom is -0.478 e. The van der Waals surface area contributed by atoms with Crippen LogP contribution in [0.25, 0.3) is 33.8 Å². The summed E-state index contributed by atoms with van der Waals surface area (Å²) in [5, 5.41) is 28.4. The van der Waals surface area contributed by atoms with Crippen LogP contribution in [0.5, 0.6) is 0 Å². The van der Waals surface area contributed by atoms with Crippen LogP contribution in [0.1, 0.15) is 146 Å². The first-order valence-corrected chi connectivity index (χ1v) is 23.7. The molecule has 3 aliphatic carbocycles. The zero-order valence-corrected chi connectivity index (χ0v) is 44.1. The molecule has 76 heavy (non-hydrogen) atoms. The third-order valence-electron chi connectivity index (χ3n) is 13.2. The number of ether oxygens (including phenoxy) is 2. The van der Waals surface area contributed by atoms with Gasteiger partial charge in [0.05, 0.1) is 81.5 Å². The number of esters is 2. The summed E-state index contributed by atoms with van der Waals surface area (Å²) < 4.78 is 90.8. The molecule has 9 rings (SSSR count). The van der Waals surface area contributed by atoms with E-state index >= 15 is 0 Å². The number of hydrogen-bond acceptors (Lipinski definition) is 17. The Labute approximate surface area is 468 Å². The van der Waals surface area contributed by atoms with Gasteiger partial charge in [-0.05, 0) is 101 Å². The first kappa shape index (κ1) is 51.3. The molecule has 396 valence electrons.